The van der Waals surface area contributed by atoms with E-state index in [0.717, 1.165) is 24.2 Å². The Morgan fingerprint density at radius 3 is 2.31 bits per heavy atom. The van der Waals surface area contributed by atoms with Crippen molar-refractivity contribution in [2.24, 2.45) is 0 Å². The Balaban J connectivity index is 1.92. The second-order valence-electron chi connectivity index (χ2n) is 7.35. The van der Waals surface area contributed by atoms with Crippen LogP contribution in [0.2, 0.25) is 0 Å². The fourth-order valence-corrected chi connectivity index (χ4v) is 3.85. The maximum atomic E-state index is 12.8. The number of fused-ring (bicyclic) bond motifs is 2. The first-order valence-electron chi connectivity index (χ1n) is 10.5. The molecule has 0 radical (unpaired) electrons. The Labute approximate surface area is 186 Å². The summed E-state index contributed by atoms with van der Waals surface area (Å²) in [6.45, 7) is 2.75. The molecule has 0 saturated carbocycles. The van der Waals surface area contributed by atoms with E-state index in [1.807, 2.05) is 24.3 Å². The van der Waals surface area contributed by atoms with Gasteiger partial charge in [0.2, 0.25) is 29.9 Å². The standard InChI is InChI=1S/C24H27NO7/c1-5-6-11-25-17(26)12-16-18-20(28-3)23-24(31-13-30-23)22(29-4)21(18)32-19(16)14-7-9-15(27-2)10-8-14/h7-10H,5-6,11-13H2,1-4H3,(H,25,26). The molecule has 2 aromatic carbocycles. The normalized spacial score (nSPS) is 12.1. The van der Waals surface area contributed by atoms with Crippen LogP contribution >= 0.6 is 0 Å². The van der Waals surface area contributed by atoms with E-state index in [2.05, 4.69) is 12.2 Å². The third-order valence-corrected chi connectivity index (χ3v) is 5.42. The van der Waals surface area contributed by atoms with Crippen LogP contribution in [0, 0.1) is 0 Å². The number of ether oxygens (including phenoxy) is 5. The van der Waals surface area contributed by atoms with E-state index < -0.39 is 0 Å². The topological polar surface area (TPSA) is 88.4 Å². The van der Waals surface area contributed by atoms with Crippen molar-refractivity contribution in [1.82, 2.24) is 5.32 Å². The summed E-state index contributed by atoms with van der Waals surface area (Å²) >= 11 is 0. The molecule has 0 bridgehead atoms. The lowest BCUT2D eigenvalue weighted by molar-refractivity contribution is -0.120. The van der Waals surface area contributed by atoms with E-state index in [9.17, 15) is 4.79 Å². The van der Waals surface area contributed by atoms with Gasteiger partial charge in [-0.3, -0.25) is 4.79 Å². The number of carbonyl (C=O) groups excluding carboxylic acids is 1. The fourth-order valence-electron chi connectivity index (χ4n) is 3.85. The van der Waals surface area contributed by atoms with Crippen LogP contribution in [-0.2, 0) is 11.2 Å². The predicted octanol–water partition coefficient (Wildman–Crippen LogP) is 4.31. The minimum absolute atomic E-state index is 0.0484. The molecule has 1 aromatic heterocycles. The number of methoxy groups -OCH3 is 3. The minimum atomic E-state index is -0.102. The maximum absolute atomic E-state index is 12.8. The van der Waals surface area contributed by atoms with Gasteiger partial charge in [-0.05, 0) is 30.7 Å². The zero-order valence-corrected chi connectivity index (χ0v) is 18.7. The predicted molar refractivity (Wildman–Crippen MR) is 119 cm³/mol. The average molecular weight is 441 g/mol. The largest absolute Gasteiger partial charge is 0.497 e. The first-order chi connectivity index (χ1) is 15.6. The Hall–Kier alpha value is -3.55. The van der Waals surface area contributed by atoms with Crippen molar-refractivity contribution in [2.45, 2.75) is 26.2 Å². The number of nitrogens with one attached hydrogen (secondary N) is 1. The summed E-state index contributed by atoms with van der Waals surface area (Å²) in [6.07, 6.45) is 2.02. The van der Waals surface area contributed by atoms with Gasteiger partial charge in [0.25, 0.3) is 0 Å². The number of carbonyl (C=O) groups is 1. The van der Waals surface area contributed by atoms with Gasteiger partial charge in [-0.1, -0.05) is 13.3 Å². The van der Waals surface area contributed by atoms with Crippen LogP contribution in [0.5, 0.6) is 28.7 Å². The van der Waals surface area contributed by atoms with Crippen molar-refractivity contribution in [3.8, 4) is 40.1 Å². The van der Waals surface area contributed by atoms with Crippen LogP contribution in [0.1, 0.15) is 25.3 Å². The molecule has 0 fully saturated rings. The van der Waals surface area contributed by atoms with E-state index in [1.165, 1.54) is 7.11 Å². The van der Waals surface area contributed by atoms with Gasteiger partial charge in [-0.2, -0.15) is 0 Å². The van der Waals surface area contributed by atoms with E-state index in [0.29, 0.717) is 51.8 Å². The van der Waals surface area contributed by atoms with E-state index >= 15 is 0 Å². The van der Waals surface area contributed by atoms with Crippen LogP contribution in [0.15, 0.2) is 28.7 Å². The molecular formula is C24H27NO7. The van der Waals surface area contributed by atoms with Crippen molar-refractivity contribution in [3.05, 3.63) is 29.8 Å². The molecule has 0 spiro atoms. The molecule has 2 heterocycles. The number of amides is 1. The van der Waals surface area contributed by atoms with Crippen molar-refractivity contribution in [3.63, 3.8) is 0 Å². The molecule has 1 aliphatic heterocycles. The van der Waals surface area contributed by atoms with Crippen molar-refractivity contribution in [1.29, 1.82) is 0 Å². The summed E-state index contributed by atoms with van der Waals surface area (Å²) < 4.78 is 34.2. The summed E-state index contributed by atoms with van der Waals surface area (Å²) in [5.74, 6) is 2.88. The second-order valence-corrected chi connectivity index (χ2v) is 7.35. The van der Waals surface area contributed by atoms with E-state index in [4.69, 9.17) is 28.1 Å². The Kier molecular flexibility index (Phi) is 6.30. The van der Waals surface area contributed by atoms with E-state index in [-0.39, 0.29) is 19.1 Å². The summed E-state index contributed by atoms with van der Waals surface area (Å²) in [6, 6.07) is 7.45. The van der Waals surface area contributed by atoms with Crippen molar-refractivity contribution >= 4 is 16.9 Å². The average Bonchev–Trinajstić information content (AvgIpc) is 3.43. The summed E-state index contributed by atoms with van der Waals surface area (Å²) in [7, 11) is 4.70. The molecule has 3 aromatic rings. The summed E-state index contributed by atoms with van der Waals surface area (Å²) in [5, 5.41) is 3.60. The molecule has 170 valence electrons. The third-order valence-electron chi connectivity index (χ3n) is 5.42. The van der Waals surface area contributed by atoms with Crippen LogP contribution < -0.4 is 29.0 Å². The highest BCUT2D eigenvalue weighted by Gasteiger charge is 2.34. The van der Waals surface area contributed by atoms with Crippen LogP contribution in [0.3, 0.4) is 0 Å². The number of furan rings is 1. The van der Waals surface area contributed by atoms with Gasteiger partial charge in [-0.15, -0.1) is 0 Å². The molecule has 32 heavy (non-hydrogen) atoms. The first kappa shape index (κ1) is 21.7. The van der Waals surface area contributed by atoms with Gasteiger partial charge in [0.15, 0.2) is 11.3 Å². The van der Waals surface area contributed by atoms with Gasteiger partial charge < -0.3 is 33.4 Å². The number of hydrogen-bond acceptors (Lipinski definition) is 7. The van der Waals surface area contributed by atoms with Crippen LogP contribution in [0.25, 0.3) is 22.3 Å². The lowest BCUT2D eigenvalue weighted by Gasteiger charge is -2.11. The first-order valence-corrected chi connectivity index (χ1v) is 10.5. The highest BCUT2D eigenvalue weighted by atomic mass is 16.7. The number of rotatable bonds is 9. The summed E-state index contributed by atoms with van der Waals surface area (Å²) in [5.41, 5.74) is 1.92. The molecule has 8 heteroatoms. The molecule has 0 aliphatic carbocycles. The molecule has 8 nitrogen and oxygen atoms in total. The van der Waals surface area contributed by atoms with Crippen molar-refractivity contribution < 1.29 is 32.9 Å². The maximum Gasteiger partial charge on any atom is 0.231 e. The fraction of sp³-hybridized carbons (Fsp3) is 0.375. The number of benzene rings is 2. The highest BCUT2D eigenvalue weighted by molar-refractivity contribution is 6.03. The Morgan fingerprint density at radius 1 is 1.00 bits per heavy atom. The quantitative estimate of drug-likeness (QED) is 0.495. The molecule has 1 aliphatic rings. The smallest absolute Gasteiger partial charge is 0.231 e. The minimum Gasteiger partial charge on any atom is -0.497 e. The van der Waals surface area contributed by atoms with E-state index in [1.54, 1.807) is 14.2 Å². The highest BCUT2D eigenvalue weighted by Crippen LogP contribution is 2.56. The lowest BCUT2D eigenvalue weighted by Crippen LogP contribution is -2.26. The van der Waals surface area contributed by atoms with Gasteiger partial charge in [0, 0.05) is 17.7 Å². The number of unbranched alkanes of at least 4 members (excludes halogenated alkanes) is 1. The Morgan fingerprint density at radius 2 is 1.69 bits per heavy atom. The number of hydrogen-bond donors (Lipinski definition) is 1. The van der Waals surface area contributed by atoms with Crippen LogP contribution in [-0.4, -0.2) is 40.6 Å². The molecule has 0 unspecified atom stereocenters. The SMILES string of the molecule is CCCCNC(=O)Cc1c(-c2ccc(OC)cc2)oc2c(OC)c3c(c(OC)c12)OCO3. The third kappa shape index (κ3) is 3.77. The second kappa shape index (κ2) is 9.30. The zero-order chi connectivity index (χ0) is 22.7. The van der Waals surface area contributed by atoms with Gasteiger partial charge in [0.1, 0.15) is 11.5 Å². The Bertz CT molecular complexity index is 1120. The molecule has 0 atom stereocenters. The van der Waals surface area contributed by atoms with Crippen molar-refractivity contribution in [2.75, 3.05) is 34.7 Å². The van der Waals surface area contributed by atoms with Gasteiger partial charge in [-0.25, -0.2) is 0 Å². The monoisotopic (exact) mass is 441 g/mol. The zero-order valence-electron chi connectivity index (χ0n) is 18.7. The molecule has 1 amide bonds. The van der Waals surface area contributed by atoms with Gasteiger partial charge >= 0.3 is 0 Å². The summed E-state index contributed by atoms with van der Waals surface area (Å²) in [4.78, 5) is 12.8. The molecule has 0 saturated heterocycles. The molecular weight excluding hydrogens is 414 g/mol. The molecule has 4 rings (SSSR count). The lowest BCUT2D eigenvalue weighted by atomic mass is 10.0. The van der Waals surface area contributed by atoms with Crippen LogP contribution in [0.4, 0.5) is 0 Å². The molecule has 1 N–H and O–H groups in total. The van der Waals surface area contributed by atoms with Gasteiger partial charge in [0.05, 0.1) is 33.1 Å².